The number of hydrogen-bond donors (Lipinski definition) is 2. The van der Waals surface area contributed by atoms with E-state index in [1.807, 2.05) is 0 Å². The largest absolute Gasteiger partial charge is 0.439 e. The fourth-order valence-electron chi connectivity index (χ4n) is 3.95. The van der Waals surface area contributed by atoms with E-state index in [1.165, 1.54) is 18.3 Å². The van der Waals surface area contributed by atoms with Crippen LogP contribution in [0.2, 0.25) is 0 Å². The molecule has 2 fully saturated rings. The number of ether oxygens (including phenoxy) is 1. The molecule has 1 aromatic carbocycles. The minimum Gasteiger partial charge on any atom is -0.439 e. The van der Waals surface area contributed by atoms with Crippen molar-refractivity contribution in [1.29, 1.82) is 0 Å². The standard InChI is InChI=1S/C20H20F3N3O2/c21-20(22,23)14-4-1-5-16(9-14)28-17-13(3-2-8-24-17)11-25-18(27)19-7-6-15(10-19)26-12-19/h1-5,8-9,15,26H,6-7,10-12H2,(H,25,27). The van der Waals surface area contributed by atoms with E-state index in [9.17, 15) is 18.0 Å². The van der Waals surface area contributed by atoms with Crippen molar-refractivity contribution in [2.45, 2.75) is 38.0 Å². The molecule has 2 aromatic rings. The van der Waals surface area contributed by atoms with Gasteiger partial charge in [0.2, 0.25) is 11.8 Å². The van der Waals surface area contributed by atoms with Crippen molar-refractivity contribution < 1.29 is 22.7 Å². The first-order valence-corrected chi connectivity index (χ1v) is 9.16. The van der Waals surface area contributed by atoms with Crippen molar-refractivity contribution in [3.05, 3.63) is 53.7 Å². The third kappa shape index (κ3) is 3.69. The van der Waals surface area contributed by atoms with E-state index in [4.69, 9.17) is 4.74 Å². The van der Waals surface area contributed by atoms with Gasteiger partial charge in [0.15, 0.2) is 0 Å². The summed E-state index contributed by atoms with van der Waals surface area (Å²) in [6.07, 6.45) is -0.232. The van der Waals surface area contributed by atoms with E-state index in [2.05, 4.69) is 15.6 Å². The van der Waals surface area contributed by atoms with Crippen LogP contribution in [0.3, 0.4) is 0 Å². The fraction of sp³-hybridized carbons (Fsp3) is 0.400. The summed E-state index contributed by atoms with van der Waals surface area (Å²) in [6.45, 7) is 0.886. The van der Waals surface area contributed by atoms with Crippen molar-refractivity contribution in [2.24, 2.45) is 5.41 Å². The van der Waals surface area contributed by atoms with Crippen LogP contribution in [0.25, 0.3) is 0 Å². The second-order valence-electron chi connectivity index (χ2n) is 7.38. The molecule has 2 heterocycles. The van der Waals surface area contributed by atoms with Gasteiger partial charge in [-0.2, -0.15) is 13.2 Å². The molecule has 2 N–H and O–H groups in total. The van der Waals surface area contributed by atoms with Crippen LogP contribution in [0, 0.1) is 5.41 Å². The number of benzene rings is 1. The smallest absolute Gasteiger partial charge is 0.416 e. The lowest BCUT2D eigenvalue weighted by molar-refractivity contribution is -0.137. The van der Waals surface area contributed by atoms with Crippen LogP contribution in [0.4, 0.5) is 13.2 Å². The highest BCUT2D eigenvalue weighted by Gasteiger charge is 2.49. The fourth-order valence-corrected chi connectivity index (χ4v) is 3.95. The zero-order chi connectivity index (χ0) is 19.8. The molecule has 1 saturated carbocycles. The van der Waals surface area contributed by atoms with Gasteiger partial charge < -0.3 is 15.4 Å². The summed E-state index contributed by atoms with van der Waals surface area (Å²) in [4.78, 5) is 16.8. The normalized spacial score (nSPS) is 23.6. The lowest BCUT2D eigenvalue weighted by Gasteiger charge is -2.25. The molecule has 1 aliphatic carbocycles. The van der Waals surface area contributed by atoms with Crippen molar-refractivity contribution in [1.82, 2.24) is 15.6 Å². The van der Waals surface area contributed by atoms with E-state index in [0.29, 0.717) is 18.2 Å². The van der Waals surface area contributed by atoms with Gasteiger partial charge in [-0.25, -0.2) is 4.98 Å². The highest BCUT2D eigenvalue weighted by atomic mass is 19.4. The number of carbonyl (C=O) groups is 1. The van der Waals surface area contributed by atoms with Crippen LogP contribution >= 0.6 is 0 Å². The Morgan fingerprint density at radius 3 is 2.86 bits per heavy atom. The number of halogens is 3. The first kappa shape index (κ1) is 18.7. The van der Waals surface area contributed by atoms with E-state index >= 15 is 0 Å². The SMILES string of the molecule is O=C(NCc1cccnc1Oc1cccc(C(F)(F)F)c1)C12CCC(C1)NC2. The Labute approximate surface area is 160 Å². The second-order valence-corrected chi connectivity index (χ2v) is 7.38. The molecule has 2 atom stereocenters. The highest BCUT2D eigenvalue weighted by molar-refractivity contribution is 5.84. The topological polar surface area (TPSA) is 63.2 Å². The molecule has 2 unspecified atom stereocenters. The molecule has 2 bridgehead atoms. The second kappa shape index (κ2) is 7.09. The molecule has 2 aliphatic rings. The summed E-state index contributed by atoms with van der Waals surface area (Å²) < 4.78 is 44.3. The van der Waals surface area contributed by atoms with Crippen molar-refractivity contribution in [3.63, 3.8) is 0 Å². The third-order valence-corrected chi connectivity index (χ3v) is 5.48. The van der Waals surface area contributed by atoms with Crippen LogP contribution in [-0.2, 0) is 17.5 Å². The first-order chi connectivity index (χ1) is 13.4. The zero-order valence-corrected chi connectivity index (χ0v) is 15.1. The molecule has 8 heteroatoms. The predicted octanol–water partition coefficient (Wildman–Crippen LogP) is 3.65. The molecule has 4 rings (SSSR count). The number of alkyl halides is 3. The highest BCUT2D eigenvalue weighted by Crippen LogP contribution is 2.43. The lowest BCUT2D eigenvalue weighted by Crippen LogP contribution is -2.42. The number of nitrogens with zero attached hydrogens (tertiary/aromatic N) is 1. The molecule has 1 amide bonds. The van der Waals surface area contributed by atoms with Gasteiger partial charge in [0.1, 0.15) is 5.75 Å². The Kier molecular flexibility index (Phi) is 4.74. The maximum Gasteiger partial charge on any atom is 0.416 e. The predicted molar refractivity (Wildman–Crippen MR) is 95.7 cm³/mol. The number of amides is 1. The Hall–Kier alpha value is -2.61. The van der Waals surface area contributed by atoms with Crippen molar-refractivity contribution >= 4 is 5.91 Å². The molecule has 1 saturated heterocycles. The van der Waals surface area contributed by atoms with E-state index in [0.717, 1.165) is 31.4 Å². The van der Waals surface area contributed by atoms with Gasteiger partial charge >= 0.3 is 6.18 Å². The Morgan fingerprint density at radius 1 is 1.32 bits per heavy atom. The van der Waals surface area contributed by atoms with Gasteiger partial charge in [0.05, 0.1) is 11.0 Å². The maximum absolute atomic E-state index is 12.9. The number of fused-ring (bicyclic) bond motifs is 2. The van der Waals surface area contributed by atoms with E-state index in [-0.39, 0.29) is 29.5 Å². The summed E-state index contributed by atoms with van der Waals surface area (Å²) in [5, 5.41) is 6.29. The molecular weight excluding hydrogens is 371 g/mol. The summed E-state index contributed by atoms with van der Waals surface area (Å²) in [7, 11) is 0. The number of piperidine rings is 1. The van der Waals surface area contributed by atoms with Crippen molar-refractivity contribution in [3.8, 4) is 11.6 Å². The number of rotatable bonds is 5. The third-order valence-electron chi connectivity index (χ3n) is 5.48. The van der Waals surface area contributed by atoms with Gasteiger partial charge in [-0.15, -0.1) is 0 Å². The Morgan fingerprint density at radius 2 is 2.18 bits per heavy atom. The Bertz CT molecular complexity index is 877. The summed E-state index contributed by atoms with van der Waals surface area (Å²) in [5.41, 5.74) is -0.542. The molecule has 1 aliphatic heterocycles. The molecule has 5 nitrogen and oxygen atoms in total. The van der Waals surface area contributed by atoms with Gasteiger partial charge in [0, 0.05) is 30.9 Å². The van der Waals surface area contributed by atoms with Gasteiger partial charge in [-0.1, -0.05) is 12.1 Å². The average Bonchev–Trinajstić information content (AvgIpc) is 3.29. The van der Waals surface area contributed by atoms with Crippen molar-refractivity contribution in [2.75, 3.05) is 6.54 Å². The van der Waals surface area contributed by atoms with Crippen LogP contribution in [0.1, 0.15) is 30.4 Å². The number of pyridine rings is 1. The summed E-state index contributed by atoms with van der Waals surface area (Å²) in [6, 6.07) is 8.48. The maximum atomic E-state index is 12.9. The van der Waals surface area contributed by atoms with Gasteiger partial charge in [-0.3, -0.25) is 4.79 Å². The monoisotopic (exact) mass is 391 g/mol. The molecule has 0 spiro atoms. The number of aromatic nitrogens is 1. The number of nitrogens with one attached hydrogen (secondary N) is 2. The number of carbonyl (C=O) groups excluding carboxylic acids is 1. The quantitative estimate of drug-likeness (QED) is 0.817. The van der Waals surface area contributed by atoms with Crippen LogP contribution in [-0.4, -0.2) is 23.5 Å². The minimum atomic E-state index is -4.45. The molecule has 28 heavy (non-hydrogen) atoms. The van der Waals surface area contributed by atoms with Crippen LogP contribution in [0.15, 0.2) is 42.6 Å². The lowest BCUT2D eigenvalue weighted by atomic mass is 9.86. The molecule has 0 radical (unpaired) electrons. The molecule has 148 valence electrons. The number of hydrogen-bond acceptors (Lipinski definition) is 4. The van der Waals surface area contributed by atoms with Crippen LogP contribution in [0.5, 0.6) is 11.6 Å². The summed E-state index contributed by atoms with van der Waals surface area (Å²) >= 11 is 0. The zero-order valence-electron chi connectivity index (χ0n) is 15.1. The minimum absolute atomic E-state index is 0.00567. The van der Waals surface area contributed by atoms with Gasteiger partial charge in [-0.05, 0) is 43.5 Å². The Balaban J connectivity index is 1.46. The first-order valence-electron chi connectivity index (χ1n) is 9.16. The molecular formula is C20H20F3N3O2. The average molecular weight is 391 g/mol. The summed E-state index contributed by atoms with van der Waals surface area (Å²) in [5.74, 6) is 0.209. The van der Waals surface area contributed by atoms with E-state index < -0.39 is 11.7 Å². The van der Waals surface area contributed by atoms with E-state index in [1.54, 1.807) is 12.1 Å². The van der Waals surface area contributed by atoms with Gasteiger partial charge in [0.25, 0.3) is 0 Å². The molecule has 1 aromatic heterocycles. The van der Waals surface area contributed by atoms with Crippen LogP contribution < -0.4 is 15.4 Å².